The van der Waals surface area contributed by atoms with Crippen molar-refractivity contribution < 1.29 is 81.8 Å². The summed E-state index contributed by atoms with van der Waals surface area (Å²) in [5, 5.41) is 40.0. The molecule has 5 bridgehead atoms. The molecule has 2 aromatic carbocycles. The number of rotatable bonds is 13. The van der Waals surface area contributed by atoms with Gasteiger partial charge in [0.1, 0.15) is 65.0 Å². The van der Waals surface area contributed by atoms with Crippen molar-refractivity contribution in [1.29, 1.82) is 0 Å². The standard InChI is InChI=1S/C60H73N5O18/c1-29(2)25-64-18-20-65(21-19-64)39-23-40(69)48-41(24-39)81-57-49(62-48)45-46-52(74)36(9)56-47(45)58(76)60(11,83-56)79-22-17-30(3)33(6)55(80-37(10)68)35(8)51(73)34(7)54(31(4)13-12-14-32(5)59(77)63-50(57)53(46)75)82-44(72)28-78-43(71)16-15-42(70)61-38(26-66)27-67/h12-14,17,22-24,26-27,29-31,33-35,38,51,54-55,69,73-74H,15-16,18-21,25,28H2,1-11H3,(H,61,70)(H,63,77)/b13-12+,22-17+,32-14-/t30-,31-,33+,34-,35+,51+,54-,55+,60-/m0/s1. The number of nitrogens with zero attached hydrogens (tertiary/aromatic N) is 3. The fourth-order valence-corrected chi connectivity index (χ4v) is 10.8. The van der Waals surface area contributed by atoms with Crippen LogP contribution < -0.4 is 25.7 Å². The third kappa shape index (κ3) is 13.5. The monoisotopic (exact) mass is 1150 g/mol. The van der Waals surface area contributed by atoms with Gasteiger partial charge in [-0.05, 0) is 37.7 Å². The zero-order chi connectivity index (χ0) is 60.9. The second-order valence-corrected chi connectivity index (χ2v) is 22.4. The highest BCUT2D eigenvalue weighted by Gasteiger charge is 2.50. The number of anilines is 2. The highest BCUT2D eigenvalue weighted by molar-refractivity contribution is 6.22. The summed E-state index contributed by atoms with van der Waals surface area (Å²) in [6.45, 7) is 21.1. The highest BCUT2D eigenvalue weighted by atomic mass is 16.7. The van der Waals surface area contributed by atoms with E-state index in [1.165, 1.54) is 46.1 Å². The number of hydrogen-bond acceptors (Lipinski definition) is 21. The number of aliphatic hydroxyl groups is 1. The number of piperazine rings is 1. The summed E-state index contributed by atoms with van der Waals surface area (Å²) in [6.07, 6.45) is 3.22. The summed E-state index contributed by atoms with van der Waals surface area (Å²) in [5.41, 5.74) is -1.16. The molecule has 0 spiro atoms. The van der Waals surface area contributed by atoms with Gasteiger partial charge in [0.05, 0.1) is 29.7 Å². The van der Waals surface area contributed by atoms with Gasteiger partial charge in [-0.1, -0.05) is 66.7 Å². The van der Waals surface area contributed by atoms with Gasteiger partial charge in [-0.25, -0.2) is 9.78 Å². The van der Waals surface area contributed by atoms with Crippen LogP contribution in [0.1, 0.15) is 98.0 Å². The molecule has 0 radical (unpaired) electrons. The predicted molar refractivity (Wildman–Crippen MR) is 303 cm³/mol. The number of benzene rings is 3. The Balaban J connectivity index is 1.32. The van der Waals surface area contributed by atoms with Crippen molar-refractivity contribution >= 4 is 81.3 Å². The fourth-order valence-electron chi connectivity index (χ4n) is 10.8. The number of Topliss-reactive ketones (excluding diaryl/α,β-unsaturated/α-hetero) is 1. The molecule has 5 N–H and O–H groups in total. The van der Waals surface area contributed by atoms with Gasteiger partial charge in [0.15, 0.2) is 18.0 Å². The lowest BCUT2D eigenvalue weighted by Gasteiger charge is -2.38. The summed E-state index contributed by atoms with van der Waals surface area (Å²) in [7, 11) is 0. The Hall–Kier alpha value is -8.18. The van der Waals surface area contributed by atoms with E-state index in [1.54, 1.807) is 58.9 Å². The van der Waals surface area contributed by atoms with E-state index in [0.717, 1.165) is 19.6 Å². The number of allylic oxidation sites excluding steroid dienone is 3. The molecule has 0 saturated carbocycles. The molecule has 0 unspecified atom stereocenters. The smallest absolute Gasteiger partial charge is 0.344 e. The first-order valence-corrected chi connectivity index (χ1v) is 27.6. The van der Waals surface area contributed by atoms with Gasteiger partial charge in [-0.3, -0.25) is 33.7 Å². The van der Waals surface area contributed by atoms with Crippen LogP contribution in [-0.4, -0.2) is 143 Å². The van der Waals surface area contributed by atoms with E-state index in [4.69, 9.17) is 33.1 Å². The lowest BCUT2D eigenvalue weighted by Crippen LogP contribution is -2.47. The van der Waals surface area contributed by atoms with E-state index in [-0.39, 0.29) is 68.7 Å². The van der Waals surface area contributed by atoms with Crippen molar-refractivity contribution in [2.75, 3.05) is 49.5 Å². The van der Waals surface area contributed by atoms with Crippen molar-refractivity contribution in [1.82, 2.24) is 15.2 Å². The molecule has 2 amide bonds. The van der Waals surface area contributed by atoms with Crippen LogP contribution in [-0.2, 0) is 52.5 Å². The van der Waals surface area contributed by atoms with Crippen LogP contribution in [0.4, 0.5) is 11.4 Å². The number of carbonyl (C=O) groups is 8. The van der Waals surface area contributed by atoms with Crippen LogP contribution in [0.2, 0.25) is 0 Å². The number of esters is 3. The molecule has 5 aliphatic heterocycles. The summed E-state index contributed by atoms with van der Waals surface area (Å²) in [5.74, 6) is -11.6. The van der Waals surface area contributed by atoms with Crippen molar-refractivity contribution in [3.63, 3.8) is 0 Å². The van der Waals surface area contributed by atoms with Gasteiger partial charge in [0, 0.05) is 105 Å². The van der Waals surface area contributed by atoms with Crippen LogP contribution in [0.25, 0.3) is 33.3 Å². The first-order valence-electron chi connectivity index (χ1n) is 27.6. The second-order valence-electron chi connectivity index (χ2n) is 22.4. The third-order valence-electron chi connectivity index (χ3n) is 15.7. The molecule has 83 heavy (non-hydrogen) atoms. The number of amides is 2. The number of fused-ring (bicyclic) bond motifs is 14. The van der Waals surface area contributed by atoms with E-state index in [0.29, 0.717) is 24.7 Å². The average Bonchev–Trinajstić information content (AvgIpc) is 1.82. The van der Waals surface area contributed by atoms with Gasteiger partial charge in [0.2, 0.25) is 11.3 Å². The minimum atomic E-state index is -2.12. The lowest BCUT2D eigenvalue weighted by molar-refractivity contribution is -0.170. The minimum Gasteiger partial charge on any atom is -0.507 e. The first kappa shape index (κ1) is 62.4. The normalized spacial score (nSPS) is 26.0. The summed E-state index contributed by atoms with van der Waals surface area (Å²) >= 11 is 0. The fraction of sp³-hybridized carbons (Fsp3) is 0.500. The second kappa shape index (κ2) is 25.9. The zero-order valence-corrected chi connectivity index (χ0v) is 48.4. The maximum absolute atomic E-state index is 15.1. The van der Waals surface area contributed by atoms with Crippen molar-refractivity contribution in [2.45, 2.75) is 119 Å². The van der Waals surface area contributed by atoms with Crippen LogP contribution in [0.5, 0.6) is 17.2 Å². The Labute approximate surface area is 479 Å². The predicted octanol–water partition coefficient (Wildman–Crippen LogP) is 5.81. The largest absolute Gasteiger partial charge is 0.507 e. The summed E-state index contributed by atoms with van der Waals surface area (Å²) in [6, 6.07) is 1.82. The molecule has 1 fully saturated rings. The van der Waals surface area contributed by atoms with Gasteiger partial charge in [-0.15, -0.1) is 0 Å². The number of aromatic hydroxyl groups is 2. The molecule has 0 aromatic heterocycles. The van der Waals surface area contributed by atoms with E-state index < -0.39 is 137 Å². The van der Waals surface area contributed by atoms with Crippen LogP contribution in [0.15, 0.2) is 57.5 Å². The lowest BCUT2D eigenvalue weighted by atomic mass is 9.77. The molecule has 8 rings (SSSR count). The molecular formula is C60H73N5O18. The number of hydrogen-bond donors (Lipinski definition) is 5. The number of ketones is 1. The van der Waals surface area contributed by atoms with Crippen molar-refractivity contribution in [3.05, 3.63) is 69.6 Å². The van der Waals surface area contributed by atoms with E-state index in [9.17, 15) is 53.7 Å². The van der Waals surface area contributed by atoms with Crippen LogP contribution in [0, 0.1) is 42.4 Å². The zero-order valence-electron chi connectivity index (χ0n) is 48.4. The molecule has 1 aliphatic carbocycles. The quantitative estimate of drug-likeness (QED) is 0.0263. The van der Waals surface area contributed by atoms with Gasteiger partial charge >= 0.3 is 23.7 Å². The number of nitrogens with one attached hydrogen (secondary N) is 2. The molecule has 5 heterocycles. The van der Waals surface area contributed by atoms with Crippen molar-refractivity contribution in [3.8, 4) is 28.7 Å². The topological polar surface area (TPSA) is 317 Å². The number of phenols is 2. The number of carbonyl (C=O) groups excluding carboxylic acids is 8. The number of aldehydes is 2. The molecule has 9 atom stereocenters. The first-order chi connectivity index (χ1) is 39.2. The molecule has 6 aliphatic rings. The summed E-state index contributed by atoms with van der Waals surface area (Å²) < 4.78 is 35.8. The minimum absolute atomic E-state index is 0.00650. The Morgan fingerprint density at radius 2 is 1.57 bits per heavy atom. The van der Waals surface area contributed by atoms with Gasteiger partial charge in [-0.2, -0.15) is 0 Å². The maximum Gasteiger partial charge on any atom is 0.344 e. The third-order valence-corrected chi connectivity index (χ3v) is 15.7. The molecule has 1 saturated heterocycles. The van der Waals surface area contributed by atoms with Crippen LogP contribution >= 0.6 is 0 Å². The molecule has 23 nitrogen and oxygen atoms in total. The number of ether oxygens (including phenoxy) is 5. The Morgan fingerprint density at radius 3 is 2.22 bits per heavy atom. The Kier molecular flexibility index (Phi) is 19.5. The number of phenolic OH excluding ortho intramolecular Hbond substituents is 2. The summed E-state index contributed by atoms with van der Waals surface area (Å²) in [4.78, 5) is 126. The Bertz CT molecular complexity index is 3310. The molecule has 446 valence electrons. The number of aliphatic hydroxyl groups excluding tert-OH is 1. The number of aromatic nitrogens is 1. The molecule has 23 heteroatoms. The highest BCUT2D eigenvalue weighted by Crippen LogP contribution is 2.51. The van der Waals surface area contributed by atoms with E-state index in [1.807, 2.05) is 0 Å². The van der Waals surface area contributed by atoms with Crippen LogP contribution in [0.3, 0.4) is 0 Å². The van der Waals surface area contributed by atoms with Gasteiger partial charge < -0.3 is 68.5 Å². The van der Waals surface area contributed by atoms with E-state index >= 15 is 4.79 Å². The Morgan fingerprint density at radius 1 is 0.892 bits per heavy atom. The maximum atomic E-state index is 15.1. The molecule has 2 aromatic rings. The van der Waals surface area contributed by atoms with Crippen molar-refractivity contribution in [2.24, 2.45) is 35.5 Å². The average molecular weight is 1150 g/mol. The molecular weight excluding hydrogens is 1080 g/mol. The SMILES string of the molecule is CC(=O)O[C@H]1[C@H](C)[C@H](O)[C@H](C)[C@@H](OC(=O)COC(=O)CCC(=O)NC(C=O)C=O)[C@@H](C)/C=C/C=C(/C)C(=O)Nc2c3oc4cc(N5CCN(CC(C)C)CC5)cc(O)c4nc-3c3c4c(c(C)c(O)c3c2=O)O[C@](C)(O/C=C/[C@H](C)[C@H]1C)C4=O. The van der Waals surface area contributed by atoms with E-state index in [2.05, 4.69) is 34.3 Å². The van der Waals surface area contributed by atoms with Gasteiger partial charge in [0.25, 0.3) is 11.7 Å².